The van der Waals surface area contributed by atoms with Gasteiger partial charge in [-0.15, -0.1) is 0 Å². The molecule has 2 aromatic carbocycles. The zero-order valence-corrected chi connectivity index (χ0v) is 13.9. The van der Waals surface area contributed by atoms with Crippen molar-refractivity contribution in [3.05, 3.63) is 63.2 Å². The summed E-state index contributed by atoms with van der Waals surface area (Å²) in [6.45, 7) is 2.06. The maximum Gasteiger partial charge on any atom is 0.269 e. The molecule has 2 aromatic rings. The minimum absolute atomic E-state index is 0.00986. The molecular weight excluding hydrogens is 338 g/mol. The van der Waals surface area contributed by atoms with Crippen molar-refractivity contribution >= 4 is 17.3 Å². The molecule has 0 fully saturated rings. The normalized spacial score (nSPS) is 17.8. The fraction of sp³-hybridized carbons (Fsp3) is 0.222. The highest BCUT2D eigenvalue weighted by molar-refractivity contribution is 6.16. The first-order chi connectivity index (χ1) is 12.6. The Bertz CT molecular complexity index is 937. The van der Waals surface area contributed by atoms with Crippen molar-refractivity contribution in [2.75, 3.05) is 6.79 Å². The number of nitro groups is 1. The van der Waals surface area contributed by atoms with E-state index in [0.717, 1.165) is 11.1 Å². The lowest BCUT2D eigenvalue weighted by molar-refractivity contribution is -0.384. The van der Waals surface area contributed by atoms with Gasteiger partial charge >= 0.3 is 0 Å². The van der Waals surface area contributed by atoms with Crippen LogP contribution in [0.15, 0.2) is 41.5 Å². The lowest BCUT2D eigenvalue weighted by Crippen LogP contribution is -2.23. The zero-order valence-electron chi connectivity index (χ0n) is 13.9. The maximum absolute atomic E-state index is 12.4. The van der Waals surface area contributed by atoms with E-state index in [1.54, 1.807) is 18.2 Å². The van der Waals surface area contributed by atoms with E-state index >= 15 is 0 Å². The Balaban J connectivity index is 1.87. The number of fused-ring (bicyclic) bond motifs is 2. The summed E-state index contributed by atoms with van der Waals surface area (Å²) in [4.78, 5) is 22.9. The van der Waals surface area contributed by atoms with Gasteiger partial charge in [-0.1, -0.05) is 6.92 Å². The van der Waals surface area contributed by atoms with Gasteiger partial charge in [-0.3, -0.25) is 14.9 Å². The number of nitro benzene ring substituents is 1. The van der Waals surface area contributed by atoms with E-state index in [-0.39, 0.29) is 24.3 Å². The van der Waals surface area contributed by atoms with Gasteiger partial charge in [0.25, 0.3) is 5.69 Å². The number of ether oxygens (including phenoxy) is 2. The van der Waals surface area contributed by atoms with Crippen LogP contribution in [0.3, 0.4) is 0 Å². The Morgan fingerprint density at radius 3 is 2.58 bits per heavy atom. The summed E-state index contributed by atoms with van der Waals surface area (Å²) in [7, 11) is 0. The van der Waals surface area contributed by atoms with Crippen molar-refractivity contribution in [2.45, 2.75) is 19.3 Å². The summed E-state index contributed by atoms with van der Waals surface area (Å²) in [6.07, 6.45) is 0.599. The number of hydrazone groups is 1. The van der Waals surface area contributed by atoms with Gasteiger partial charge in [0, 0.05) is 23.3 Å². The van der Waals surface area contributed by atoms with Gasteiger partial charge in [0.1, 0.15) is 0 Å². The molecule has 0 bridgehead atoms. The van der Waals surface area contributed by atoms with Gasteiger partial charge in [0.2, 0.25) is 12.7 Å². The van der Waals surface area contributed by atoms with Crippen molar-refractivity contribution in [3.63, 3.8) is 0 Å². The average molecular weight is 353 g/mol. The lowest BCUT2D eigenvalue weighted by atomic mass is 9.88. The number of non-ortho nitro benzene ring substituents is 1. The topological polar surface area (TPSA) is 103 Å². The van der Waals surface area contributed by atoms with Crippen LogP contribution in [0.2, 0.25) is 0 Å². The van der Waals surface area contributed by atoms with Crippen molar-refractivity contribution in [3.8, 4) is 11.5 Å². The summed E-state index contributed by atoms with van der Waals surface area (Å²) in [6, 6.07) is 9.68. The highest BCUT2D eigenvalue weighted by atomic mass is 16.7. The Kier molecular flexibility index (Phi) is 3.80. The molecule has 1 atom stereocenters. The molecule has 0 saturated carbocycles. The molecule has 1 amide bonds. The van der Waals surface area contributed by atoms with Crippen LogP contribution in [0.5, 0.6) is 11.5 Å². The number of nitrogens with one attached hydrogen (secondary N) is 1. The van der Waals surface area contributed by atoms with Crippen LogP contribution >= 0.6 is 0 Å². The molecule has 0 aromatic heterocycles. The van der Waals surface area contributed by atoms with Gasteiger partial charge in [0.15, 0.2) is 11.5 Å². The second-order valence-electron chi connectivity index (χ2n) is 5.99. The molecule has 1 unspecified atom stereocenters. The number of benzene rings is 2. The molecule has 8 nitrogen and oxygen atoms in total. The van der Waals surface area contributed by atoms with E-state index in [1.807, 2.05) is 13.0 Å². The van der Waals surface area contributed by atoms with E-state index in [9.17, 15) is 14.9 Å². The minimum atomic E-state index is -0.459. The van der Waals surface area contributed by atoms with Crippen molar-refractivity contribution in [1.29, 1.82) is 0 Å². The predicted octanol–water partition coefficient (Wildman–Crippen LogP) is 2.70. The van der Waals surface area contributed by atoms with E-state index < -0.39 is 4.92 Å². The van der Waals surface area contributed by atoms with Gasteiger partial charge in [-0.25, -0.2) is 5.43 Å². The van der Waals surface area contributed by atoms with Crippen molar-refractivity contribution in [2.24, 2.45) is 5.10 Å². The van der Waals surface area contributed by atoms with Crippen LogP contribution in [-0.4, -0.2) is 23.3 Å². The molecular formula is C18H15N3O5. The standard InChI is InChI=1S/C18H15N3O5/c1-2-12-13-7-15-16(26-9-25-15)8-14(13)17(19-20-18(12)22)10-3-5-11(6-4-10)21(23)24/h3-8,12H,2,9H2,1H3,(H,20,22). The van der Waals surface area contributed by atoms with Crippen LogP contribution in [0.25, 0.3) is 0 Å². The second kappa shape index (κ2) is 6.14. The second-order valence-corrected chi connectivity index (χ2v) is 5.99. The Hall–Kier alpha value is -3.42. The molecule has 0 spiro atoms. The number of carbonyl (C=O) groups is 1. The SMILES string of the molecule is CCC1C(=O)NN=C(c2ccc([N+](=O)[O-])cc2)c2cc3c(cc21)OCO3. The molecule has 0 saturated heterocycles. The highest BCUT2D eigenvalue weighted by Gasteiger charge is 2.30. The number of hydrogen-bond acceptors (Lipinski definition) is 6. The number of nitrogens with zero attached hydrogens (tertiary/aromatic N) is 2. The van der Waals surface area contributed by atoms with Crippen LogP contribution in [-0.2, 0) is 4.79 Å². The molecule has 0 radical (unpaired) electrons. The van der Waals surface area contributed by atoms with E-state index in [1.165, 1.54) is 12.1 Å². The quantitative estimate of drug-likeness (QED) is 0.675. The van der Waals surface area contributed by atoms with E-state index in [0.29, 0.717) is 29.2 Å². The van der Waals surface area contributed by atoms with Crippen LogP contribution in [0.1, 0.15) is 36.0 Å². The van der Waals surface area contributed by atoms with Crippen molar-refractivity contribution < 1.29 is 19.2 Å². The third-order valence-electron chi connectivity index (χ3n) is 4.53. The fourth-order valence-electron chi connectivity index (χ4n) is 3.21. The van der Waals surface area contributed by atoms with Crippen LogP contribution in [0.4, 0.5) is 5.69 Å². The van der Waals surface area contributed by atoms with Gasteiger partial charge in [-0.05, 0) is 36.2 Å². The fourth-order valence-corrected chi connectivity index (χ4v) is 3.21. The first kappa shape index (κ1) is 16.1. The van der Waals surface area contributed by atoms with Gasteiger partial charge in [0.05, 0.1) is 16.6 Å². The third kappa shape index (κ3) is 2.55. The number of carbonyl (C=O) groups excluding carboxylic acids is 1. The smallest absolute Gasteiger partial charge is 0.269 e. The van der Waals surface area contributed by atoms with Crippen molar-refractivity contribution in [1.82, 2.24) is 5.43 Å². The minimum Gasteiger partial charge on any atom is -0.454 e. The predicted molar refractivity (Wildman–Crippen MR) is 92.5 cm³/mol. The molecule has 2 aliphatic heterocycles. The largest absolute Gasteiger partial charge is 0.454 e. The summed E-state index contributed by atoms with van der Waals surface area (Å²) < 4.78 is 10.9. The van der Waals surface area contributed by atoms with Crippen LogP contribution < -0.4 is 14.9 Å². The summed E-state index contributed by atoms with van der Waals surface area (Å²) in [5, 5.41) is 15.1. The number of amides is 1. The average Bonchev–Trinajstić information content (AvgIpc) is 3.04. The molecule has 2 heterocycles. The van der Waals surface area contributed by atoms with E-state index in [2.05, 4.69) is 10.5 Å². The molecule has 26 heavy (non-hydrogen) atoms. The molecule has 2 aliphatic rings. The summed E-state index contributed by atoms with van der Waals surface area (Å²) in [5.74, 6) is 0.603. The Morgan fingerprint density at radius 1 is 1.23 bits per heavy atom. The lowest BCUT2D eigenvalue weighted by Gasteiger charge is -2.15. The number of hydrogen-bond donors (Lipinski definition) is 1. The Labute approximate surface area is 148 Å². The Morgan fingerprint density at radius 2 is 1.92 bits per heavy atom. The number of rotatable bonds is 3. The molecule has 0 aliphatic carbocycles. The molecule has 1 N–H and O–H groups in total. The first-order valence-corrected chi connectivity index (χ1v) is 8.14. The van der Waals surface area contributed by atoms with E-state index in [4.69, 9.17) is 9.47 Å². The third-order valence-corrected chi connectivity index (χ3v) is 4.53. The monoisotopic (exact) mass is 353 g/mol. The summed E-state index contributed by atoms with van der Waals surface area (Å²) >= 11 is 0. The maximum atomic E-state index is 12.4. The first-order valence-electron chi connectivity index (χ1n) is 8.14. The molecule has 4 rings (SSSR count). The molecule has 132 valence electrons. The summed E-state index contributed by atoms with van der Waals surface area (Å²) in [5.41, 5.74) is 5.30. The van der Waals surface area contributed by atoms with Gasteiger partial charge in [-0.2, -0.15) is 5.10 Å². The highest BCUT2D eigenvalue weighted by Crippen LogP contribution is 2.40. The molecule has 8 heteroatoms. The zero-order chi connectivity index (χ0) is 18.3. The van der Waals surface area contributed by atoms with Gasteiger partial charge < -0.3 is 9.47 Å². The van der Waals surface area contributed by atoms with Crippen LogP contribution in [0, 0.1) is 10.1 Å².